The number of carbonyl (C=O) groups is 2. The van der Waals surface area contributed by atoms with Crippen LogP contribution in [0.15, 0.2) is 30.3 Å². The Morgan fingerprint density at radius 2 is 2.11 bits per heavy atom. The molecule has 1 fully saturated rings. The lowest BCUT2D eigenvalue weighted by Gasteiger charge is -2.11. The number of carbonyl (C=O) groups excluding carboxylic acids is 1. The summed E-state index contributed by atoms with van der Waals surface area (Å²) >= 11 is 0. The number of carboxylic acids is 1. The normalized spacial score (nSPS) is 21.9. The Bertz CT molecular complexity index is 449. The molecule has 0 aliphatic carbocycles. The van der Waals surface area contributed by atoms with Crippen LogP contribution >= 0.6 is 0 Å². The van der Waals surface area contributed by atoms with Gasteiger partial charge < -0.3 is 20.5 Å². The zero-order chi connectivity index (χ0) is 13.7. The van der Waals surface area contributed by atoms with Gasteiger partial charge in [-0.2, -0.15) is 0 Å². The number of rotatable bonds is 4. The summed E-state index contributed by atoms with van der Waals surface area (Å²) in [6, 6.07) is 8.56. The molecule has 3 N–H and O–H groups in total. The van der Waals surface area contributed by atoms with Gasteiger partial charge in [-0.1, -0.05) is 30.3 Å². The number of benzene rings is 1. The molecule has 102 valence electrons. The molecule has 1 aromatic rings. The number of ether oxygens (including phenoxy) is 1. The molecule has 6 heteroatoms. The second-order valence-electron chi connectivity index (χ2n) is 4.44. The van der Waals surface area contributed by atoms with E-state index < -0.39 is 18.1 Å². The molecule has 1 heterocycles. The molecule has 6 nitrogen and oxygen atoms in total. The summed E-state index contributed by atoms with van der Waals surface area (Å²) in [6.07, 6.45) is -0.155. The predicted molar refractivity (Wildman–Crippen MR) is 67.6 cm³/mol. The third kappa shape index (κ3) is 3.96. The molecule has 2 atom stereocenters. The van der Waals surface area contributed by atoms with Crippen LogP contribution in [0.4, 0.5) is 4.79 Å². The van der Waals surface area contributed by atoms with Gasteiger partial charge in [-0.05, 0) is 12.0 Å². The highest BCUT2D eigenvalue weighted by Gasteiger charge is 2.30. The van der Waals surface area contributed by atoms with Crippen LogP contribution in [0.3, 0.4) is 0 Å². The third-order valence-corrected chi connectivity index (χ3v) is 2.96. The van der Waals surface area contributed by atoms with E-state index in [2.05, 4.69) is 10.6 Å². The molecule has 1 amide bonds. The number of aliphatic carboxylic acids is 1. The van der Waals surface area contributed by atoms with Crippen molar-refractivity contribution < 1.29 is 19.4 Å². The van der Waals surface area contributed by atoms with E-state index in [9.17, 15) is 9.59 Å². The Labute approximate surface area is 110 Å². The summed E-state index contributed by atoms with van der Waals surface area (Å²) in [5.74, 6) is -0.901. The van der Waals surface area contributed by atoms with E-state index in [-0.39, 0.29) is 12.6 Å². The molecule has 0 saturated carbocycles. The highest BCUT2D eigenvalue weighted by Crippen LogP contribution is 2.07. The van der Waals surface area contributed by atoms with Crippen molar-refractivity contribution >= 4 is 12.1 Å². The van der Waals surface area contributed by atoms with Gasteiger partial charge in [-0.15, -0.1) is 0 Å². The lowest BCUT2D eigenvalue weighted by atomic mass is 10.2. The molecule has 0 radical (unpaired) electrons. The fraction of sp³-hybridized carbons (Fsp3) is 0.385. The zero-order valence-electron chi connectivity index (χ0n) is 10.3. The Kier molecular flexibility index (Phi) is 4.35. The second kappa shape index (κ2) is 6.19. The van der Waals surface area contributed by atoms with Gasteiger partial charge in [0.05, 0.1) is 0 Å². The van der Waals surface area contributed by atoms with Crippen molar-refractivity contribution in [3.05, 3.63) is 35.9 Å². The van der Waals surface area contributed by atoms with Gasteiger partial charge in [0.1, 0.15) is 12.6 Å². The summed E-state index contributed by atoms with van der Waals surface area (Å²) < 4.78 is 5.06. The maximum atomic E-state index is 11.5. The molecule has 1 saturated heterocycles. The minimum absolute atomic E-state index is 0.204. The number of amides is 1. The van der Waals surface area contributed by atoms with Crippen molar-refractivity contribution in [3.8, 4) is 0 Å². The second-order valence-corrected chi connectivity index (χ2v) is 4.44. The van der Waals surface area contributed by atoms with Gasteiger partial charge in [0, 0.05) is 12.6 Å². The quantitative estimate of drug-likeness (QED) is 0.746. The predicted octanol–water partition coefficient (Wildman–Crippen LogP) is 0.728. The lowest BCUT2D eigenvalue weighted by molar-refractivity contribution is -0.139. The number of alkyl carbamates (subject to hydrolysis) is 1. The van der Waals surface area contributed by atoms with Crippen molar-refractivity contribution in [2.75, 3.05) is 6.54 Å². The minimum atomic E-state index is -0.901. The first-order chi connectivity index (χ1) is 9.15. The molecule has 1 aliphatic rings. The van der Waals surface area contributed by atoms with Crippen LogP contribution in [0, 0.1) is 0 Å². The topological polar surface area (TPSA) is 87.7 Å². The van der Waals surface area contributed by atoms with E-state index in [1.165, 1.54) is 0 Å². The van der Waals surface area contributed by atoms with Gasteiger partial charge in [0.2, 0.25) is 0 Å². The van der Waals surface area contributed by atoms with Gasteiger partial charge >= 0.3 is 12.1 Å². The first kappa shape index (κ1) is 13.4. The minimum Gasteiger partial charge on any atom is -0.480 e. The average Bonchev–Trinajstić information content (AvgIpc) is 2.86. The van der Waals surface area contributed by atoms with Crippen molar-refractivity contribution in [3.63, 3.8) is 0 Å². The van der Waals surface area contributed by atoms with Crippen molar-refractivity contribution in [1.82, 2.24) is 10.6 Å². The smallest absolute Gasteiger partial charge is 0.407 e. The Morgan fingerprint density at radius 1 is 1.37 bits per heavy atom. The Morgan fingerprint density at radius 3 is 2.74 bits per heavy atom. The summed E-state index contributed by atoms with van der Waals surface area (Å²) in [5.41, 5.74) is 0.908. The molecule has 0 unspecified atom stereocenters. The molecule has 0 bridgehead atoms. The van der Waals surface area contributed by atoms with Gasteiger partial charge in [0.15, 0.2) is 0 Å². The molecule has 0 aromatic heterocycles. The number of hydrogen-bond donors (Lipinski definition) is 3. The summed E-state index contributed by atoms with van der Waals surface area (Å²) in [6.45, 7) is 0.645. The van der Waals surface area contributed by atoms with Crippen molar-refractivity contribution in [1.29, 1.82) is 0 Å². The standard InChI is InChI=1S/C13H16N2O4/c16-12(17)11-6-10(7-14-11)15-13(18)19-8-9-4-2-1-3-5-9/h1-5,10-11,14H,6-8H2,(H,15,18)(H,16,17)/t10-,11+/m1/s1. The van der Waals surface area contributed by atoms with Gasteiger partial charge in [-0.25, -0.2) is 4.79 Å². The molecule has 1 aliphatic heterocycles. The van der Waals surface area contributed by atoms with Crippen LogP contribution in [-0.4, -0.2) is 35.8 Å². The highest BCUT2D eigenvalue weighted by atomic mass is 16.5. The molecule has 0 spiro atoms. The van der Waals surface area contributed by atoms with E-state index in [4.69, 9.17) is 9.84 Å². The zero-order valence-corrected chi connectivity index (χ0v) is 10.3. The first-order valence-electron chi connectivity index (χ1n) is 6.08. The van der Waals surface area contributed by atoms with E-state index in [1.54, 1.807) is 0 Å². The maximum absolute atomic E-state index is 11.5. The van der Waals surface area contributed by atoms with Crippen LogP contribution < -0.4 is 10.6 Å². The highest BCUT2D eigenvalue weighted by molar-refractivity contribution is 5.74. The summed E-state index contributed by atoms with van der Waals surface area (Å²) in [4.78, 5) is 22.3. The maximum Gasteiger partial charge on any atom is 0.407 e. The Balaban J connectivity index is 1.72. The molecule has 2 rings (SSSR count). The third-order valence-electron chi connectivity index (χ3n) is 2.96. The molecular weight excluding hydrogens is 248 g/mol. The van der Waals surface area contributed by atoms with Crippen LogP contribution in [0.5, 0.6) is 0 Å². The van der Waals surface area contributed by atoms with E-state index >= 15 is 0 Å². The van der Waals surface area contributed by atoms with E-state index in [0.717, 1.165) is 5.56 Å². The van der Waals surface area contributed by atoms with Crippen molar-refractivity contribution in [2.24, 2.45) is 0 Å². The first-order valence-corrected chi connectivity index (χ1v) is 6.08. The Hall–Kier alpha value is -2.08. The molecule has 1 aromatic carbocycles. The van der Waals surface area contributed by atoms with Crippen molar-refractivity contribution in [2.45, 2.75) is 25.1 Å². The van der Waals surface area contributed by atoms with Crippen LogP contribution in [0.1, 0.15) is 12.0 Å². The van der Waals surface area contributed by atoms with Crippen LogP contribution in [0.2, 0.25) is 0 Å². The van der Waals surface area contributed by atoms with E-state index in [1.807, 2.05) is 30.3 Å². The van der Waals surface area contributed by atoms with Gasteiger partial charge in [0.25, 0.3) is 0 Å². The number of nitrogens with one attached hydrogen (secondary N) is 2. The summed E-state index contributed by atoms with van der Waals surface area (Å²) in [5, 5.41) is 14.3. The SMILES string of the molecule is O=C(N[C@H]1CN[C@H](C(=O)O)C1)OCc1ccccc1. The molecular formula is C13H16N2O4. The fourth-order valence-corrected chi connectivity index (χ4v) is 1.97. The van der Waals surface area contributed by atoms with Gasteiger partial charge in [-0.3, -0.25) is 4.79 Å². The molecule has 19 heavy (non-hydrogen) atoms. The monoisotopic (exact) mass is 264 g/mol. The fourth-order valence-electron chi connectivity index (χ4n) is 1.97. The number of hydrogen-bond acceptors (Lipinski definition) is 4. The van der Waals surface area contributed by atoms with Crippen LogP contribution in [0.25, 0.3) is 0 Å². The van der Waals surface area contributed by atoms with E-state index in [0.29, 0.717) is 13.0 Å². The largest absolute Gasteiger partial charge is 0.480 e. The number of carboxylic acid groups (broad SMARTS) is 1. The summed E-state index contributed by atoms with van der Waals surface area (Å²) in [7, 11) is 0. The van der Waals surface area contributed by atoms with Crippen LogP contribution in [-0.2, 0) is 16.1 Å². The average molecular weight is 264 g/mol. The lowest BCUT2D eigenvalue weighted by Crippen LogP contribution is -2.36.